The maximum Gasteiger partial charge on any atom is 0.107 e. The first-order valence-corrected chi connectivity index (χ1v) is 16.0. The molecule has 7 rings (SSSR count). The predicted molar refractivity (Wildman–Crippen MR) is 167 cm³/mol. The molecule has 0 unspecified atom stereocenters. The van der Waals surface area contributed by atoms with Crippen LogP contribution in [0.25, 0.3) is 22.5 Å². The molecule has 0 atom stereocenters. The van der Waals surface area contributed by atoms with Crippen molar-refractivity contribution >= 4 is 10.0 Å². The smallest absolute Gasteiger partial charge is 0.107 e. The summed E-state index contributed by atoms with van der Waals surface area (Å²) in [6.45, 7) is 0. The second-order valence-electron chi connectivity index (χ2n) is 10.6. The topological polar surface area (TPSA) is 25.8 Å². The molecule has 3 heteroatoms. The Hall–Kier alpha value is -4.47. The number of nitrogens with zero attached hydrogens (tertiary/aromatic N) is 2. The third-order valence-electron chi connectivity index (χ3n) is 8.09. The Morgan fingerprint density at radius 3 is 1.27 bits per heavy atom. The van der Waals surface area contributed by atoms with E-state index in [0.29, 0.717) is 0 Å². The van der Waals surface area contributed by atoms with Crippen molar-refractivity contribution in [2.75, 3.05) is 12.5 Å². The number of pyridine rings is 2. The van der Waals surface area contributed by atoms with E-state index in [1.165, 1.54) is 20.9 Å². The van der Waals surface area contributed by atoms with Gasteiger partial charge in [0, 0.05) is 11.1 Å². The van der Waals surface area contributed by atoms with Crippen LogP contribution in [0.3, 0.4) is 0 Å². The number of benzene rings is 4. The van der Waals surface area contributed by atoms with Gasteiger partial charge in [-0.2, -0.15) is 10.0 Å². The number of fused-ring (bicyclic) bond motifs is 2. The Kier molecular flexibility index (Phi) is 5.91. The molecule has 6 aromatic rings. The van der Waals surface area contributed by atoms with E-state index in [1.54, 1.807) is 0 Å². The van der Waals surface area contributed by atoms with Crippen molar-refractivity contribution in [3.8, 4) is 22.5 Å². The van der Waals surface area contributed by atoms with E-state index in [0.717, 1.165) is 33.9 Å². The first kappa shape index (κ1) is 24.6. The van der Waals surface area contributed by atoms with E-state index in [-0.39, 0.29) is 0 Å². The summed E-state index contributed by atoms with van der Waals surface area (Å²) < 4.78 is 0. The van der Waals surface area contributed by atoms with E-state index in [1.807, 2.05) is 12.1 Å². The molecule has 0 saturated heterocycles. The summed E-state index contributed by atoms with van der Waals surface area (Å²) in [6, 6.07) is 51.7. The van der Waals surface area contributed by atoms with Crippen LogP contribution < -0.4 is 0 Å². The van der Waals surface area contributed by atoms with Gasteiger partial charge in [0.05, 0.1) is 22.8 Å². The van der Waals surface area contributed by atoms with Gasteiger partial charge >= 0.3 is 0 Å². The van der Waals surface area contributed by atoms with Gasteiger partial charge in [-0.1, -0.05) is 109 Å². The van der Waals surface area contributed by atoms with Gasteiger partial charge in [-0.05, 0) is 69.8 Å². The molecule has 0 aliphatic carbocycles. The molecule has 0 saturated carbocycles. The summed E-state index contributed by atoms with van der Waals surface area (Å²) in [5.74, 6) is 0. The van der Waals surface area contributed by atoms with Gasteiger partial charge in [-0.25, -0.2) is 0 Å². The first-order valence-electron chi connectivity index (χ1n) is 13.6. The first-order chi connectivity index (χ1) is 19.6. The third-order valence-corrected chi connectivity index (χ3v) is 11.0. The quantitative estimate of drug-likeness (QED) is 0.226. The lowest BCUT2D eigenvalue weighted by atomic mass is 9.68. The molecule has 2 aromatic heterocycles. The normalized spacial score (nSPS) is 15.4. The minimum atomic E-state index is -1.27. The molecule has 0 amide bonds. The van der Waals surface area contributed by atoms with Gasteiger partial charge in [0.25, 0.3) is 0 Å². The number of rotatable bonds is 4. The van der Waals surface area contributed by atoms with Crippen LogP contribution in [-0.4, -0.2) is 22.5 Å². The highest BCUT2D eigenvalue weighted by atomic mass is 32.3. The summed E-state index contributed by atoms with van der Waals surface area (Å²) in [6.07, 6.45) is 4.83. The zero-order valence-corrected chi connectivity index (χ0v) is 23.5. The second kappa shape index (κ2) is 9.62. The molecule has 0 fully saturated rings. The molecule has 2 nitrogen and oxygen atoms in total. The van der Waals surface area contributed by atoms with Gasteiger partial charge in [0.1, 0.15) is 5.41 Å². The average Bonchev–Trinajstić information content (AvgIpc) is 3.03. The molecule has 1 aliphatic heterocycles. The number of aromatic nitrogens is 2. The summed E-state index contributed by atoms with van der Waals surface area (Å²) >= 11 is 0. The van der Waals surface area contributed by atoms with Crippen LogP contribution in [0.2, 0.25) is 0 Å². The predicted octanol–water partition coefficient (Wildman–Crippen LogP) is 8.99. The number of hydrogen-bond donors (Lipinski definition) is 0. The van der Waals surface area contributed by atoms with Gasteiger partial charge in [-0.15, -0.1) is 0 Å². The van der Waals surface area contributed by atoms with E-state index < -0.39 is 15.4 Å². The standard InChI is InChI=1S/C37H30N2S/c1-40(2)33-23-11-9-19-29(33)37(30-20-10-12-24-34(30)40,35-25-13-21-31(38-35)27-15-5-3-6-16-27)36-26-14-22-32(39-36)28-17-7-4-8-18-28/h3-26H,1-2H3. The number of hydrogen-bond acceptors (Lipinski definition) is 2. The van der Waals surface area contributed by atoms with Crippen LogP contribution in [0, 0.1) is 0 Å². The minimum Gasteiger partial charge on any atom is -0.251 e. The Bertz CT molecular complexity index is 1690. The summed E-state index contributed by atoms with van der Waals surface area (Å²) in [5, 5.41) is 0. The Balaban J connectivity index is 1.61. The van der Waals surface area contributed by atoms with Gasteiger partial charge < -0.3 is 0 Å². The molecule has 0 radical (unpaired) electrons. The van der Waals surface area contributed by atoms with Crippen molar-refractivity contribution in [2.45, 2.75) is 15.2 Å². The van der Waals surface area contributed by atoms with E-state index in [2.05, 4.69) is 146 Å². The molecule has 0 N–H and O–H groups in total. The van der Waals surface area contributed by atoms with Crippen LogP contribution in [0.5, 0.6) is 0 Å². The van der Waals surface area contributed by atoms with Gasteiger partial charge in [0.15, 0.2) is 0 Å². The van der Waals surface area contributed by atoms with E-state index in [9.17, 15) is 0 Å². The van der Waals surface area contributed by atoms with Crippen LogP contribution in [0.4, 0.5) is 0 Å². The Labute approximate surface area is 237 Å². The van der Waals surface area contributed by atoms with Crippen molar-refractivity contribution in [2.24, 2.45) is 0 Å². The van der Waals surface area contributed by atoms with Crippen molar-refractivity contribution in [1.82, 2.24) is 9.97 Å². The fourth-order valence-corrected chi connectivity index (χ4v) is 8.83. The van der Waals surface area contributed by atoms with Gasteiger partial charge in [-0.3, -0.25) is 9.97 Å². The van der Waals surface area contributed by atoms with Crippen LogP contribution in [-0.2, 0) is 5.41 Å². The van der Waals surface area contributed by atoms with Crippen molar-refractivity contribution in [3.05, 3.63) is 168 Å². The molecular weight excluding hydrogens is 504 g/mol. The molecule has 1 aliphatic rings. The Morgan fingerprint density at radius 2 is 0.825 bits per heavy atom. The van der Waals surface area contributed by atoms with Crippen molar-refractivity contribution < 1.29 is 0 Å². The lowest BCUT2D eigenvalue weighted by molar-refractivity contribution is 0.653. The zero-order valence-electron chi connectivity index (χ0n) is 22.7. The molecule has 3 heterocycles. The molecule has 0 spiro atoms. The Morgan fingerprint density at radius 1 is 0.425 bits per heavy atom. The van der Waals surface area contributed by atoms with Crippen LogP contribution in [0.1, 0.15) is 22.5 Å². The highest BCUT2D eigenvalue weighted by molar-refractivity contribution is 8.32. The van der Waals surface area contributed by atoms with Crippen LogP contribution in [0.15, 0.2) is 155 Å². The highest BCUT2D eigenvalue weighted by Gasteiger charge is 2.49. The zero-order chi connectivity index (χ0) is 27.2. The second-order valence-corrected chi connectivity index (χ2v) is 14.2. The molecular formula is C37H30N2S. The summed E-state index contributed by atoms with van der Waals surface area (Å²) in [7, 11) is -1.27. The fourth-order valence-electron chi connectivity index (χ4n) is 6.22. The molecule has 194 valence electrons. The highest BCUT2D eigenvalue weighted by Crippen LogP contribution is 2.67. The monoisotopic (exact) mass is 534 g/mol. The van der Waals surface area contributed by atoms with E-state index in [4.69, 9.17) is 9.97 Å². The fraction of sp³-hybridized carbons (Fsp3) is 0.0811. The van der Waals surface area contributed by atoms with Gasteiger partial charge in [0.2, 0.25) is 0 Å². The molecule has 4 aromatic carbocycles. The summed E-state index contributed by atoms with van der Waals surface area (Å²) in [5.41, 5.74) is 7.97. The SMILES string of the molecule is CS1(C)c2ccccc2C(c2cccc(-c3ccccc3)n2)(c2cccc(-c3ccccc3)n2)c2ccccc21. The molecule has 40 heavy (non-hydrogen) atoms. The average molecular weight is 535 g/mol. The van der Waals surface area contributed by atoms with Crippen molar-refractivity contribution in [1.29, 1.82) is 0 Å². The maximum absolute atomic E-state index is 5.43. The lowest BCUT2D eigenvalue weighted by Gasteiger charge is -2.49. The van der Waals surface area contributed by atoms with Crippen LogP contribution >= 0.6 is 10.0 Å². The van der Waals surface area contributed by atoms with Crippen molar-refractivity contribution in [3.63, 3.8) is 0 Å². The third kappa shape index (κ3) is 3.73. The van der Waals surface area contributed by atoms with E-state index >= 15 is 0 Å². The molecule has 0 bridgehead atoms. The largest absolute Gasteiger partial charge is 0.251 e. The summed E-state index contributed by atoms with van der Waals surface area (Å²) in [4.78, 5) is 13.6. The lowest BCUT2D eigenvalue weighted by Crippen LogP contribution is -2.38. The minimum absolute atomic E-state index is 0.675. The maximum atomic E-state index is 5.43.